The summed E-state index contributed by atoms with van der Waals surface area (Å²) in [6, 6.07) is 28.9. The molecule has 0 N–H and O–H groups in total. The van der Waals surface area contributed by atoms with E-state index in [1.54, 1.807) is 0 Å². The molecule has 1 aliphatic rings. The second-order valence-electron chi connectivity index (χ2n) is 8.41. The Kier molecular flexibility index (Phi) is 9.32. The molecule has 1 aliphatic heterocycles. The van der Waals surface area contributed by atoms with Gasteiger partial charge < -0.3 is 4.74 Å². The molecule has 1 heterocycles. The molecule has 0 aromatic heterocycles. The molecule has 1 atom stereocenters. The zero-order valence-corrected chi connectivity index (χ0v) is 20.2. The molecule has 0 radical (unpaired) electrons. The normalized spacial score (nSPS) is 15.8. The predicted octanol–water partition coefficient (Wildman–Crippen LogP) is 5.86. The molecule has 3 aromatic carbocycles. The van der Waals surface area contributed by atoms with Gasteiger partial charge in [0.15, 0.2) is 0 Å². The van der Waals surface area contributed by atoms with Crippen LogP contribution in [0.5, 0.6) is 0 Å². The third kappa shape index (κ3) is 7.29. The van der Waals surface area contributed by atoms with Gasteiger partial charge in [0.2, 0.25) is 0 Å². The van der Waals surface area contributed by atoms with Crippen LogP contribution < -0.4 is 0 Å². The molecule has 0 aliphatic carbocycles. The lowest BCUT2D eigenvalue weighted by atomic mass is 10.0. The van der Waals surface area contributed by atoms with E-state index in [9.17, 15) is 0 Å². The summed E-state index contributed by atoms with van der Waals surface area (Å²) in [6.45, 7) is 6.89. The number of isothiocyanates is 1. The Balaban J connectivity index is 1.27. The van der Waals surface area contributed by atoms with Gasteiger partial charge in [-0.25, -0.2) is 0 Å². The van der Waals surface area contributed by atoms with E-state index in [0.29, 0.717) is 6.61 Å². The summed E-state index contributed by atoms with van der Waals surface area (Å²) in [5.74, 6) is 0. The van der Waals surface area contributed by atoms with Crippen molar-refractivity contribution in [1.29, 1.82) is 0 Å². The van der Waals surface area contributed by atoms with E-state index >= 15 is 0 Å². The summed E-state index contributed by atoms with van der Waals surface area (Å²) in [5, 5.41) is 2.45. The van der Waals surface area contributed by atoms with Crippen LogP contribution in [0, 0.1) is 0 Å². The van der Waals surface area contributed by atoms with Gasteiger partial charge in [0, 0.05) is 39.3 Å². The number of rotatable bonds is 10. The van der Waals surface area contributed by atoms with Crippen molar-refractivity contribution in [2.24, 2.45) is 4.99 Å². The lowest BCUT2D eigenvalue weighted by Gasteiger charge is -2.34. The molecule has 0 spiro atoms. The number of nitrogens with zero attached hydrogens (tertiary/aromatic N) is 3. The van der Waals surface area contributed by atoms with Crippen LogP contribution in [0.2, 0.25) is 0 Å². The first kappa shape index (κ1) is 24.2. The zero-order valence-electron chi connectivity index (χ0n) is 19.4. The van der Waals surface area contributed by atoms with Crippen molar-refractivity contribution >= 4 is 29.1 Å². The molecule has 0 amide bonds. The number of thiocarbonyl (C=S) groups is 1. The van der Waals surface area contributed by atoms with Crippen molar-refractivity contribution in [3.8, 4) is 0 Å². The van der Waals surface area contributed by atoms with E-state index in [2.05, 4.69) is 92.8 Å². The minimum atomic E-state index is -0.133. The average Bonchev–Trinajstić information content (AvgIpc) is 2.89. The Morgan fingerprint density at radius 1 is 0.853 bits per heavy atom. The molecule has 1 saturated heterocycles. The minimum Gasteiger partial charge on any atom is -0.367 e. The SMILES string of the molecule is S=C=Nc1cccc(C(OCCN2CCN(C/C=C/c3ccccc3)CC2)c2ccccc2)c1. The van der Waals surface area contributed by atoms with E-state index in [1.165, 1.54) is 5.56 Å². The molecule has 3 aromatic rings. The lowest BCUT2D eigenvalue weighted by molar-refractivity contribution is 0.0468. The Morgan fingerprint density at radius 2 is 1.53 bits per heavy atom. The topological polar surface area (TPSA) is 28.1 Å². The minimum absolute atomic E-state index is 0.133. The highest BCUT2D eigenvalue weighted by Crippen LogP contribution is 2.28. The van der Waals surface area contributed by atoms with Gasteiger partial charge in [-0.2, -0.15) is 4.99 Å². The molecule has 5 heteroatoms. The first-order valence-corrected chi connectivity index (χ1v) is 12.2. The van der Waals surface area contributed by atoms with Gasteiger partial charge in [-0.1, -0.05) is 84.9 Å². The van der Waals surface area contributed by atoms with Crippen LogP contribution in [-0.2, 0) is 4.74 Å². The molecule has 4 nitrogen and oxygen atoms in total. The third-order valence-corrected chi connectivity index (χ3v) is 6.17. The Hall–Kier alpha value is -2.92. The molecule has 34 heavy (non-hydrogen) atoms. The van der Waals surface area contributed by atoms with Gasteiger partial charge in [0.1, 0.15) is 6.10 Å². The number of ether oxygens (including phenoxy) is 1. The molecule has 0 bridgehead atoms. The number of hydrogen-bond acceptors (Lipinski definition) is 5. The van der Waals surface area contributed by atoms with Crippen molar-refractivity contribution in [2.75, 3.05) is 45.9 Å². The van der Waals surface area contributed by atoms with Crippen molar-refractivity contribution in [2.45, 2.75) is 6.10 Å². The van der Waals surface area contributed by atoms with Gasteiger partial charge in [0.05, 0.1) is 17.5 Å². The molecular weight excluding hydrogens is 438 g/mol. The van der Waals surface area contributed by atoms with E-state index < -0.39 is 0 Å². The summed E-state index contributed by atoms with van der Waals surface area (Å²) in [4.78, 5) is 9.13. The maximum Gasteiger partial charge on any atom is 0.108 e. The number of aliphatic imine (C=N–C) groups is 1. The van der Waals surface area contributed by atoms with Gasteiger partial charge in [0.25, 0.3) is 0 Å². The average molecular weight is 470 g/mol. The van der Waals surface area contributed by atoms with E-state index in [0.717, 1.165) is 56.1 Å². The second kappa shape index (κ2) is 13.1. The maximum absolute atomic E-state index is 6.44. The van der Waals surface area contributed by atoms with Crippen LogP contribution in [0.4, 0.5) is 5.69 Å². The van der Waals surface area contributed by atoms with Gasteiger partial charge in [-0.15, -0.1) is 0 Å². The summed E-state index contributed by atoms with van der Waals surface area (Å²) >= 11 is 4.77. The molecule has 4 rings (SSSR count). The summed E-state index contributed by atoms with van der Waals surface area (Å²) in [7, 11) is 0. The third-order valence-electron chi connectivity index (χ3n) is 6.08. The summed E-state index contributed by atoms with van der Waals surface area (Å²) in [6.07, 6.45) is 4.34. The van der Waals surface area contributed by atoms with Crippen LogP contribution in [0.25, 0.3) is 6.08 Å². The van der Waals surface area contributed by atoms with E-state index in [-0.39, 0.29) is 6.10 Å². The van der Waals surface area contributed by atoms with E-state index in [1.807, 2.05) is 24.3 Å². The number of benzene rings is 3. The summed E-state index contributed by atoms with van der Waals surface area (Å²) in [5.41, 5.74) is 4.27. The lowest BCUT2D eigenvalue weighted by Crippen LogP contribution is -2.47. The standard InChI is InChI=1S/C29H31N3OS/c34-24-30-28-15-7-14-27(23-28)29(26-12-5-2-6-13-26)33-22-21-32-19-17-31(18-20-32)16-8-11-25-9-3-1-4-10-25/h1-15,23,29H,16-22H2/b11-8+. The fourth-order valence-corrected chi connectivity index (χ4v) is 4.33. The van der Waals surface area contributed by atoms with E-state index in [4.69, 9.17) is 17.0 Å². The van der Waals surface area contributed by atoms with Crippen molar-refractivity contribution in [1.82, 2.24) is 9.80 Å². The van der Waals surface area contributed by atoms with Crippen molar-refractivity contribution < 1.29 is 4.74 Å². The Bertz CT molecular complexity index is 1090. The van der Waals surface area contributed by atoms with Gasteiger partial charge >= 0.3 is 0 Å². The largest absolute Gasteiger partial charge is 0.367 e. The molecule has 174 valence electrons. The van der Waals surface area contributed by atoms with Gasteiger partial charge in [-0.05, 0) is 41.0 Å². The van der Waals surface area contributed by atoms with Gasteiger partial charge in [-0.3, -0.25) is 9.80 Å². The number of hydrogen-bond donors (Lipinski definition) is 0. The molecular formula is C29H31N3OS. The first-order chi connectivity index (χ1) is 16.8. The Labute approximate surface area is 208 Å². The van der Waals surface area contributed by atoms with Crippen LogP contribution in [0.3, 0.4) is 0 Å². The van der Waals surface area contributed by atoms with Crippen LogP contribution >= 0.6 is 12.2 Å². The molecule has 1 fully saturated rings. The monoisotopic (exact) mass is 469 g/mol. The number of piperazine rings is 1. The Morgan fingerprint density at radius 3 is 2.26 bits per heavy atom. The highest BCUT2D eigenvalue weighted by Gasteiger charge is 2.18. The zero-order chi connectivity index (χ0) is 23.4. The highest BCUT2D eigenvalue weighted by atomic mass is 32.1. The van der Waals surface area contributed by atoms with Crippen molar-refractivity contribution in [3.63, 3.8) is 0 Å². The smallest absolute Gasteiger partial charge is 0.108 e. The first-order valence-electron chi connectivity index (χ1n) is 11.8. The highest BCUT2D eigenvalue weighted by molar-refractivity contribution is 7.78. The second-order valence-corrected chi connectivity index (χ2v) is 8.60. The predicted molar refractivity (Wildman–Crippen MR) is 144 cm³/mol. The fraction of sp³-hybridized carbons (Fsp3) is 0.276. The quantitative estimate of drug-likeness (QED) is 0.275. The maximum atomic E-state index is 6.44. The molecule has 0 saturated carbocycles. The fourth-order valence-electron chi connectivity index (χ4n) is 4.22. The van der Waals surface area contributed by atoms with Crippen LogP contribution in [0.1, 0.15) is 22.8 Å². The molecule has 1 unspecified atom stereocenters. The summed E-state index contributed by atoms with van der Waals surface area (Å²) < 4.78 is 6.44. The van der Waals surface area contributed by atoms with Crippen molar-refractivity contribution in [3.05, 3.63) is 108 Å². The van der Waals surface area contributed by atoms with Crippen LogP contribution in [-0.4, -0.2) is 60.8 Å². The van der Waals surface area contributed by atoms with Crippen LogP contribution in [0.15, 0.2) is 96.0 Å².